The molecule has 1 aliphatic heterocycles. The number of hydrogen-bond acceptors (Lipinski definition) is 4. The molecule has 1 saturated heterocycles. The van der Waals surface area contributed by atoms with Crippen LogP contribution in [0.15, 0.2) is 54.7 Å². The van der Waals surface area contributed by atoms with Gasteiger partial charge in [0.2, 0.25) is 0 Å². The molecule has 2 aromatic heterocycles. The molecule has 1 aliphatic rings. The minimum Gasteiger partial charge on any atom is -0.478 e. The molecule has 0 spiro atoms. The Morgan fingerprint density at radius 2 is 2.00 bits per heavy atom. The molecular weight excluding hydrogens is 412 g/mol. The number of hydrogen-bond donors (Lipinski definition) is 3. The molecule has 1 fully saturated rings. The second-order valence-corrected chi connectivity index (χ2v) is 7.95. The zero-order valence-corrected chi connectivity index (χ0v) is 18.1. The summed E-state index contributed by atoms with van der Waals surface area (Å²) in [4.78, 5) is 18.0. The van der Waals surface area contributed by atoms with Gasteiger partial charge in [-0.05, 0) is 68.0 Å². The number of aryl methyl sites for hydroxylation is 1. The van der Waals surface area contributed by atoms with Crippen LogP contribution in [0.3, 0.4) is 0 Å². The topological polar surface area (TPSA) is 90.6 Å². The standard InChI is InChI=1S/C23H24N4O3S/c1-14-12-18(15(2)27(14)17-7-5-6-16(13-17)22(29)30)21-20(19-8-3-4-9-24-19)25-23(31)26(21)10-11-28/h3-9,12-13,20-21,28H,10-11H2,1-2H3,(H,25,31)(H,29,30)/t20-,21-/m0/s1. The first-order chi connectivity index (χ1) is 14.9. The summed E-state index contributed by atoms with van der Waals surface area (Å²) in [5.41, 5.74) is 4.92. The van der Waals surface area contributed by atoms with Gasteiger partial charge in [0.15, 0.2) is 5.11 Å². The fourth-order valence-electron chi connectivity index (χ4n) is 4.35. The van der Waals surface area contributed by atoms with Crippen LogP contribution < -0.4 is 5.32 Å². The molecule has 0 radical (unpaired) electrons. The summed E-state index contributed by atoms with van der Waals surface area (Å²) in [5, 5.41) is 23.0. The smallest absolute Gasteiger partial charge is 0.335 e. The molecule has 31 heavy (non-hydrogen) atoms. The van der Waals surface area contributed by atoms with E-state index in [1.807, 2.05) is 43.0 Å². The van der Waals surface area contributed by atoms with Crippen molar-refractivity contribution in [2.75, 3.05) is 13.2 Å². The number of aliphatic hydroxyl groups is 1. The van der Waals surface area contributed by atoms with Crippen LogP contribution in [0, 0.1) is 13.8 Å². The monoisotopic (exact) mass is 436 g/mol. The Bertz CT molecular complexity index is 1130. The van der Waals surface area contributed by atoms with Crippen molar-refractivity contribution in [1.82, 2.24) is 19.8 Å². The maximum absolute atomic E-state index is 11.5. The number of nitrogens with one attached hydrogen (secondary N) is 1. The van der Waals surface area contributed by atoms with Gasteiger partial charge in [-0.3, -0.25) is 4.98 Å². The van der Waals surface area contributed by atoms with E-state index in [4.69, 9.17) is 12.2 Å². The number of benzene rings is 1. The third-order valence-corrected chi connectivity index (χ3v) is 6.03. The maximum Gasteiger partial charge on any atom is 0.335 e. The van der Waals surface area contributed by atoms with Gasteiger partial charge in [-0.25, -0.2) is 4.79 Å². The zero-order chi connectivity index (χ0) is 22.1. The average molecular weight is 437 g/mol. The summed E-state index contributed by atoms with van der Waals surface area (Å²) in [7, 11) is 0. The van der Waals surface area contributed by atoms with E-state index in [1.165, 1.54) is 0 Å². The number of carbonyl (C=O) groups is 1. The molecule has 4 rings (SSSR count). The first-order valence-corrected chi connectivity index (χ1v) is 10.4. The summed E-state index contributed by atoms with van der Waals surface area (Å²) in [6.07, 6.45) is 1.76. The second-order valence-electron chi connectivity index (χ2n) is 7.56. The number of thiocarbonyl (C=S) groups is 1. The lowest BCUT2D eigenvalue weighted by molar-refractivity contribution is 0.0697. The number of pyridine rings is 1. The molecular formula is C23H24N4O3S. The first-order valence-electron chi connectivity index (χ1n) is 10.0. The van der Waals surface area contributed by atoms with Gasteiger partial charge in [0.25, 0.3) is 0 Å². The Morgan fingerprint density at radius 1 is 1.19 bits per heavy atom. The van der Waals surface area contributed by atoms with E-state index in [-0.39, 0.29) is 24.3 Å². The molecule has 7 nitrogen and oxygen atoms in total. The third-order valence-electron chi connectivity index (χ3n) is 5.68. The van der Waals surface area contributed by atoms with Crippen molar-refractivity contribution in [1.29, 1.82) is 0 Å². The molecule has 8 heteroatoms. The van der Waals surface area contributed by atoms with E-state index in [0.717, 1.165) is 28.3 Å². The van der Waals surface area contributed by atoms with Gasteiger partial charge in [0, 0.05) is 29.8 Å². The van der Waals surface area contributed by atoms with Gasteiger partial charge in [-0.15, -0.1) is 0 Å². The first kappa shape index (κ1) is 21.0. The van der Waals surface area contributed by atoms with Gasteiger partial charge in [0.05, 0.1) is 29.9 Å². The van der Waals surface area contributed by atoms with Gasteiger partial charge in [-0.1, -0.05) is 12.1 Å². The molecule has 0 aliphatic carbocycles. The fraction of sp³-hybridized carbons (Fsp3) is 0.261. The van der Waals surface area contributed by atoms with Crippen molar-refractivity contribution >= 4 is 23.3 Å². The summed E-state index contributed by atoms with van der Waals surface area (Å²) < 4.78 is 2.05. The van der Waals surface area contributed by atoms with Crippen molar-refractivity contribution in [3.63, 3.8) is 0 Å². The predicted molar refractivity (Wildman–Crippen MR) is 121 cm³/mol. The van der Waals surface area contributed by atoms with Gasteiger partial charge in [0.1, 0.15) is 0 Å². The van der Waals surface area contributed by atoms with E-state index in [9.17, 15) is 15.0 Å². The molecule has 0 unspecified atom stereocenters. The number of aromatic nitrogens is 2. The van der Waals surface area contributed by atoms with Crippen molar-refractivity contribution in [2.24, 2.45) is 0 Å². The van der Waals surface area contributed by atoms with Crippen molar-refractivity contribution in [2.45, 2.75) is 25.9 Å². The Hall–Kier alpha value is -3.23. The highest BCUT2D eigenvalue weighted by molar-refractivity contribution is 7.80. The molecule has 3 N–H and O–H groups in total. The second kappa shape index (κ2) is 8.49. The molecule has 0 amide bonds. The molecule has 2 atom stereocenters. The minimum atomic E-state index is -0.959. The van der Waals surface area contributed by atoms with Crippen LogP contribution in [0.5, 0.6) is 0 Å². The number of aromatic carboxylic acids is 1. The van der Waals surface area contributed by atoms with E-state index in [0.29, 0.717) is 11.7 Å². The summed E-state index contributed by atoms with van der Waals surface area (Å²) in [6.45, 7) is 4.39. The van der Waals surface area contributed by atoms with Gasteiger partial charge >= 0.3 is 5.97 Å². The maximum atomic E-state index is 11.5. The van der Waals surface area contributed by atoms with E-state index < -0.39 is 5.97 Å². The lowest BCUT2D eigenvalue weighted by atomic mass is 9.97. The average Bonchev–Trinajstić information content (AvgIpc) is 3.24. The summed E-state index contributed by atoms with van der Waals surface area (Å²) in [6, 6.07) is 14.5. The number of β-amino-alcohol motifs (C(OH)–C–C–N with tert-alkyl or cyclic N) is 1. The fourth-order valence-corrected chi connectivity index (χ4v) is 4.69. The molecule has 0 bridgehead atoms. The molecule has 0 saturated carbocycles. The SMILES string of the molecule is Cc1cc([C@H]2[C@H](c3ccccn3)NC(=S)N2CCO)c(C)n1-c1cccc(C(=O)O)c1. The highest BCUT2D eigenvalue weighted by Crippen LogP contribution is 2.41. The Labute approximate surface area is 186 Å². The normalized spacial score (nSPS) is 18.3. The third kappa shape index (κ3) is 3.80. The molecule has 3 heterocycles. The summed E-state index contributed by atoms with van der Waals surface area (Å²) >= 11 is 5.59. The molecule has 160 valence electrons. The van der Waals surface area contributed by atoms with E-state index >= 15 is 0 Å². The van der Waals surface area contributed by atoms with E-state index in [2.05, 4.69) is 20.9 Å². The number of carboxylic acids is 1. The van der Waals surface area contributed by atoms with Crippen LogP contribution in [0.1, 0.15) is 45.1 Å². The van der Waals surface area contributed by atoms with Crippen LogP contribution in [0.2, 0.25) is 0 Å². The van der Waals surface area contributed by atoms with Gasteiger partial charge in [-0.2, -0.15) is 0 Å². The Kier molecular flexibility index (Phi) is 5.75. The number of carboxylic acid groups (broad SMARTS) is 1. The van der Waals surface area contributed by atoms with Crippen LogP contribution in [-0.2, 0) is 0 Å². The quantitative estimate of drug-likeness (QED) is 0.512. The highest BCUT2D eigenvalue weighted by atomic mass is 32.1. The minimum absolute atomic E-state index is 0.0212. The lowest BCUT2D eigenvalue weighted by Gasteiger charge is -2.27. The number of rotatable bonds is 6. The van der Waals surface area contributed by atoms with E-state index in [1.54, 1.807) is 24.4 Å². The van der Waals surface area contributed by atoms with Crippen molar-refractivity contribution in [3.05, 3.63) is 82.9 Å². The lowest BCUT2D eigenvalue weighted by Crippen LogP contribution is -2.32. The van der Waals surface area contributed by atoms with Crippen LogP contribution in [-0.4, -0.2) is 48.9 Å². The highest BCUT2D eigenvalue weighted by Gasteiger charge is 2.41. The van der Waals surface area contributed by atoms with Crippen LogP contribution >= 0.6 is 12.2 Å². The summed E-state index contributed by atoms with van der Waals surface area (Å²) in [5.74, 6) is -0.959. The van der Waals surface area contributed by atoms with Crippen LogP contribution in [0.25, 0.3) is 5.69 Å². The zero-order valence-electron chi connectivity index (χ0n) is 17.3. The molecule has 3 aromatic rings. The van der Waals surface area contributed by atoms with Crippen molar-refractivity contribution < 1.29 is 15.0 Å². The Morgan fingerprint density at radius 3 is 2.68 bits per heavy atom. The number of nitrogens with zero attached hydrogens (tertiary/aromatic N) is 3. The van der Waals surface area contributed by atoms with Crippen LogP contribution in [0.4, 0.5) is 0 Å². The molecule has 1 aromatic carbocycles. The predicted octanol–water partition coefficient (Wildman–Crippen LogP) is 3.15. The largest absolute Gasteiger partial charge is 0.478 e. The Balaban J connectivity index is 1.83. The van der Waals surface area contributed by atoms with Gasteiger partial charge < -0.3 is 25.0 Å². The van der Waals surface area contributed by atoms with Crippen molar-refractivity contribution in [3.8, 4) is 5.69 Å². The number of aliphatic hydroxyl groups excluding tert-OH is 1.